The number of thiazole rings is 1. The van der Waals surface area contributed by atoms with Crippen molar-refractivity contribution in [2.45, 2.75) is 27.3 Å². The molecule has 0 N–H and O–H groups in total. The molecule has 28 heavy (non-hydrogen) atoms. The van der Waals surface area contributed by atoms with Crippen molar-refractivity contribution in [3.8, 4) is 5.82 Å². The van der Waals surface area contributed by atoms with Gasteiger partial charge in [0.25, 0.3) is 5.91 Å². The third-order valence-electron chi connectivity index (χ3n) is 5.25. The summed E-state index contributed by atoms with van der Waals surface area (Å²) in [7, 11) is 0. The lowest BCUT2D eigenvalue weighted by atomic mass is 10.2. The molecule has 7 heteroatoms. The summed E-state index contributed by atoms with van der Waals surface area (Å²) in [4.78, 5) is 26.5. The van der Waals surface area contributed by atoms with Crippen LogP contribution in [0.15, 0.2) is 35.8 Å². The second kappa shape index (κ2) is 7.85. The molecular formula is C21H25N5OS. The molecule has 3 aromatic rings. The van der Waals surface area contributed by atoms with Crippen molar-refractivity contribution in [2.24, 2.45) is 0 Å². The molecule has 4 rings (SSSR count). The zero-order valence-electron chi connectivity index (χ0n) is 16.6. The Morgan fingerprint density at radius 3 is 2.57 bits per heavy atom. The minimum atomic E-state index is 0.111. The maximum atomic E-state index is 13.1. The fourth-order valence-corrected chi connectivity index (χ4v) is 4.41. The summed E-state index contributed by atoms with van der Waals surface area (Å²) in [6, 6.07) is 7.81. The highest BCUT2D eigenvalue weighted by Gasteiger charge is 2.26. The lowest BCUT2D eigenvalue weighted by Gasteiger charge is -2.34. The normalized spacial score (nSPS) is 15.2. The highest BCUT2D eigenvalue weighted by molar-refractivity contribution is 7.09. The Hall–Kier alpha value is -2.51. The Morgan fingerprint density at radius 2 is 1.93 bits per heavy atom. The number of aromatic nitrogens is 3. The van der Waals surface area contributed by atoms with E-state index in [-0.39, 0.29) is 5.91 Å². The van der Waals surface area contributed by atoms with Gasteiger partial charge in [0.2, 0.25) is 0 Å². The van der Waals surface area contributed by atoms with Gasteiger partial charge in [0.05, 0.1) is 16.3 Å². The van der Waals surface area contributed by atoms with Crippen LogP contribution in [0.4, 0.5) is 0 Å². The molecule has 1 aliphatic heterocycles. The number of hydrogen-bond donors (Lipinski definition) is 0. The first kappa shape index (κ1) is 18.8. The zero-order valence-corrected chi connectivity index (χ0v) is 17.4. The smallest absolute Gasteiger partial charge is 0.255 e. The summed E-state index contributed by atoms with van der Waals surface area (Å²) < 4.78 is 2.05. The van der Waals surface area contributed by atoms with Crippen molar-refractivity contribution in [2.75, 3.05) is 26.2 Å². The van der Waals surface area contributed by atoms with Crippen LogP contribution in [0, 0.1) is 20.8 Å². The number of rotatable bonds is 4. The molecule has 146 valence electrons. The Balaban J connectivity index is 1.44. The van der Waals surface area contributed by atoms with Gasteiger partial charge in [0, 0.05) is 55.7 Å². The first-order valence-corrected chi connectivity index (χ1v) is 10.4. The van der Waals surface area contributed by atoms with E-state index < -0.39 is 0 Å². The summed E-state index contributed by atoms with van der Waals surface area (Å²) in [5, 5.41) is 3.23. The Morgan fingerprint density at radius 1 is 1.14 bits per heavy atom. The number of carbonyl (C=O) groups excluding carboxylic acids is 1. The Kier molecular flexibility index (Phi) is 5.28. The number of nitrogens with zero attached hydrogens (tertiary/aromatic N) is 5. The molecule has 0 spiro atoms. The summed E-state index contributed by atoms with van der Waals surface area (Å²) in [5.74, 6) is 0.958. The van der Waals surface area contributed by atoms with Crippen LogP contribution in [0.25, 0.3) is 5.82 Å². The van der Waals surface area contributed by atoms with Crippen LogP contribution in [0.3, 0.4) is 0 Å². The molecule has 0 unspecified atom stereocenters. The molecule has 1 fully saturated rings. The topological polar surface area (TPSA) is 54.3 Å². The molecular weight excluding hydrogens is 370 g/mol. The number of aryl methyl sites for hydroxylation is 2. The first-order chi connectivity index (χ1) is 13.5. The minimum absolute atomic E-state index is 0.111. The van der Waals surface area contributed by atoms with Crippen LogP contribution < -0.4 is 0 Å². The van der Waals surface area contributed by atoms with E-state index in [4.69, 9.17) is 0 Å². The van der Waals surface area contributed by atoms with Gasteiger partial charge in [-0.15, -0.1) is 11.3 Å². The summed E-state index contributed by atoms with van der Waals surface area (Å²) >= 11 is 1.69. The number of piperazine rings is 1. The molecule has 1 amide bonds. The molecule has 0 aromatic carbocycles. The minimum Gasteiger partial charge on any atom is -0.336 e. The Bertz CT molecular complexity index is 970. The van der Waals surface area contributed by atoms with Gasteiger partial charge in [-0.05, 0) is 39.0 Å². The van der Waals surface area contributed by atoms with Gasteiger partial charge in [-0.3, -0.25) is 9.69 Å². The van der Waals surface area contributed by atoms with E-state index >= 15 is 0 Å². The van der Waals surface area contributed by atoms with Crippen molar-refractivity contribution < 1.29 is 4.79 Å². The fraction of sp³-hybridized carbons (Fsp3) is 0.381. The highest BCUT2D eigenvalue weighted by Crippen LogP contribution is 2.22. The van der Waals surface area contributed by atoms with Crippen LogP contribution in [0.5, 0.6) is 0 Å². The average Bonchev–Trinajstić information content (AvgIpc) is 3.24. The molecule has 0 atom stereocenters. The lowest BCUT2D eigenvalue weighted by molar-refractivity contribution is 0.0626. The van der Waals surface area contributed by atoms with E-state index in [2.05, 4.69) is 20.2 Å². The molecule has 1 aliphatic rings. The maximum absolute atomic E-state index is 13.1. The molecule has 0 saturated carbocycles. The van der Waals surface area contributed by atoms with Gasteiger partial charge < -0.3 is 9.47 Å². The van der Waals surface area contributed by atoms with Gasteiger partial charge >= 0.3 is 0 Å². The van der Waals surface area contributed by atoms with Crippen molar-refractivity contribution in [3.63, 3.8) is 0 Å². The monoisotopic (exact) mass is 395 g/mol. The number of amides is 1. The SMILES string of the molecule is Cc1nc(CN2CCN(C(=O)c3cc(C)n(-c4ccccn4)c3C)CC2)cs1. The van der Waals surface area contributed by atoms with Crippen LogP contribution in [0.1, 0.15) is 32.4 Å². The molecule has 0 aliphatic carbocycles. The predicted octanol–water partition coefficient (Wildman–Crippen LogP) is 3.21. The van der Waals surface area contributed by atoms with E-state index in [1.54, 1.807) is 17.5 Å². The van der Waals surface area contributed by atoms with Gasteiger partial charge in [-0.25, -0.2) is 9.97 Å². The lowest BCUT2D eigenvalue weighted by Crippen LogP contribution is -2.48. The maximum Gasteiger partial charge on any atom is 0.255 e. The van der Waals surface area contributed by atoms with Gasteiger partial charge in [-0.2, -0.15) is 0 Å². The molecule has 4 heterocycles. The Labute approximate surface area is 169 Å². The number of hydrogen-bond acceptors (Lipinski definition) is 5. The van der Waals surface area contributed by atoms with E-state index in [0.29, 0.717) is 0 Å². The summed E-state index contributed by atoms with van der Waals surface area (Å²) in [6.45, 7) is 10.2. The first-order valence-electron chi connectivity index (χ1n) is 9.56. The van der Waals surface area contributed by atoms with E-state index in [0.717, 1.165) is 66.2 Å². The second-order valence-corrected chi connectivity index (χ2v) is 8.30. The quantitative estimate of drug-likeness (QED) is 0.681. The third kappa shape index (κ3) is 3.72. The second-order valence-electron chi connectivity index (χ2n) is 7.23. The van der Waals surface area contributed by atoms with Gasteiger partial charge in [-0.1, -0.05) is 6.07 Å². The summed E-state index contributed by atoms with van der Waals surface area (Å²) in [6.07, 6.45) is 1.78. The van der Waals surface area contributed by atoms with Crippen molar-refractivity contribution in [3.05, 3.63) is 63.5 Å². The highest BCUT2D eigenvalue weighted by atomic mass is 32.1. The van der Waals surface area contributed by atoms with E-state index in [1.165, 1.54) is 0 Å². The van der Waals surface area contributed by atoms with Crippen LogP contribution in [0.2, 0.25) is 0 Å². The molecule has 1 saturated heterocycles. The van der Waals surface area contributed by atoms with E-state index in [9.17, 15) is 4.79 Å². The van der Waals surface area contributed by atoms with Crippen LogP contribution in [-0.2, 0) is 6.54 Å². The molecule has 0 radical (unpaired) electrons. The van der Waals surface area contributed by atoms with Gasteiger partial charge in [0.15, 0.2) is 0 Å². The van der Waals surface area contributed by atoms with Crippen molar-refractivity contribution >= 4 is 17.2 Å². The fourth-order valence-electron chi connectivity index (χ4n) is 3.81. The van der Waals surface area contributed by atoms with Crippen LogP contribution in [-0.4, -0.2) is 56.4 Å². The molecule has 3 aromatic heterocycles. The predicted molar refractivity (Wildman–Crippen MR) is 111 cm³/mol. The third-order valence-corrected chi connectivity index (χ3v) is 6.07. The van der Waals surface area contributed by atoms with E-state index in [1.807, 2.05) is 54.5 Å². The summed E-state index contributed by atoms with van der Waals surface area (Å²) in [5.41, 5.74) is 3.87. The van der Waals surface area contributed by atoms with Crippen molar-refractivity contribution in [1.29, 1.82) is 0 Å². The number of carbonyl (C=O) groups is 1. The van der Waals surface area contributed by atoms with Gasteiger partial charge in [0.1, 0.15) is 5.82 Å². The average molecular weight is 396 g/mol. The molecule has 0 bridgehead atoms. The van der Waals surface area contributed by atoms with Crippen molar-refractivity contribution in [1.82, 2.24) is 24.3 Å². The standard InChI is InChI=1S/C21H25N5OS/c1-15-12-19(16(2)26(15)20-6-4-5-7-22-20)21(27)25-10-8-24(9-11-25)13-18-14-28-17(3)23-18/h4-7,12,14H,8-11,13H2,1-3H3. The van der Waals surface area contributed by atoms with Crippen LogP contribution >= 0.6 is 11.3 Å². The zero-order chi connectivity index (χ0) is 19.7. The number of pyridine rings is 1. The molecule has 6 nitrogen and oxygen atoms in total. The largest absolute Gasteiger partial charge is 0.336 e.